The number of pyridine rings is 1. The molecule has 0 fully saturated rings. The molecule has 20 heavy (non-hydrogen) atoms. The maximum absolute atomic E-state index is 12.5. The molecule has 0 unspecified atom stereocenters. The number of fused-ring (bicyclic) bond motifs is 1. The smallest absolute Gasteiger partial charge is 0.283 e. The van der Waals surface area contributed by atoms with Gasteiger partial charge in [0.2, 0.25) is 6.20 Å². The fraction of sp³-hybridized carbons (Fsp3) is 0.0625. The third-order valence-electron chi connectivity index (χ3n) is 3.22. The molecule has 0 aliphatic carbocycles. The number of H-pyrrole nitrogens is 1. The van der Waals surface area contributed by atoms with Crippen LogP contribution in [0.3, 0.4) is 0 Å². The van der Waals surface area contributed by atoms with Gasteiger partial charge in [0.25, 0.3) is 10.9 Å². The van der Waals surface area contributed by atoms with E-state index < -0.39 is 0 Å². The average molecular weight is 265 g/mol. The minimum absolute atomic E-state index is 0.197. The molecular formula is C16H13N2O2+. The zero-order chi connectivity index (χ0) is 14.1. The van der Waals surface area contributed by atoms with E-state index in [1.165, 1.54) is 6.92 Å². The van der Waals surface area contributed by atoms with Crippen LogP contribution in [0.5, 0.6) is 0 Å². The highest BCUT2D eigenvalue weighted by Crippen LogP contribution is 2.18. The Bertz CT molecular complexity index is 851. The van der Waals surface area contributed by atoms with Gasteiger partial charge in [-0.3, -0.25) is 9.59 Å². The van der Waals surface area contributed by atoms with Gasteiger partial charge < -0.3 is 0 Å². The van der Waals surface area contributed by atoms with Crippen molar-refractivity contribution < 1.29 is 9.31 Å². The lowest BCUT2D eigenvalue weighted by atomic mass is 10.0. The zero-order valence-electron chi connectivity index (χ0n) is 11.0. The second-order valence-corrected chi connectivity index (χ2v) is 4.57. The molecule has 2 heterocycles. The lowest BCUT2D eigenvalue weighted by Crippen LogP contribution is -2.35. The fourth-order valence-corrected chi connectivity index (χ4v) is 2.29. The summed E-state index contributed by atoms with van der Waals surface area (Å²) in [4.78, 5) is 24.4. The Hall–Kier alpha value is -2.75. The SMILES string of the molecule is CC(=O)c1c(-c2ccccc2)[nH][n+]2ccccc2c1=O. The van der Waals surface area contributed by atoms with Gasteiger partial charge in [-0.2, -0.15) is 5.10 Å². The van der Waals surface area contributed by atoms with Gasteiger partial charge in [0, 0.05) is 17.7 Å². The van der Waals surface area contributed by atoms with Gasteiger partial charge >= 0.3 is 0 Å². The Morgan fingerprint density at radius 2 is 1.75 bits per heavy atom. The maximum atomic E-state index is 12.5. The van der Waals surface area contributed by atoms with Gasteiger partial charge in [-0.25, -0.2) is 0 Å². The molecule has 1 N–H and O–H groups in total. The van der Waals surface area contributed by atoms with Crippen LogP contribution in [0.25, 0.3) is 16.8 Å². The van der Waals surface area contributed by atoms with Crippen LogP contribution >= 0.6 is 0 Å². The minimum atomic E-state index is -0.254. The molecule has 3 aromatic rings. The lowest BCUT2D eigenvalue weighted by Gasteiger charge is -2.04. The van der Waals surface area contributed by atoms with Gasteiger partial charge in [0.1, 0.15) is 11.3 Å². The van der Waals surface area contributed by atoms with Crippen molar-refractivity contribution in [1.82, 2.24) is 5.10 Å². The first kappa shape index (κ1) is 12.3. The van der Waals surface area contributed by atoms with Crippen LogP contribution in [-0.2, 0) is 0 Å². The van der Waals surface area contributed by atoms with Gasteiger partial charge in [0.05, 0.1) is 0 Å². The molecule has 0 radical (unpaired) electrons. The number of ketones is 1. The number of nitrogens with one attached hydrogen (secondary N) is 1. The first-order valence-corrected chi connectivity index (χ1v) is 6.31. The molecule has 1 aromatic carbocycles. The van der Waals surface area contributed by atoms with Gasteiger partial charge in [-0.1, -0.05) is 34.8 Å². The number of aromatic amines is 1. The fourth-order valence-electron chi connectivity index (χ4n) is 2.29. The van der Waals surface area contributed by atoms with Crippen LogP contribution in [0, 0.1) is 0 Å². The Morgan fingerprint density at radius 3 is 2.45 bits per heavy atom. The predicted octanol–water partition coefficient (Wildman–Crippen LogP) is 1.98. The van der Waals surface area contributed by atoms with E-state index in [1.807, 2.05) is 36.4 Å². The van der Waals surface area contributed by atoms with E-state index in [1.54, 1.807) is 22.8 Å². The van der Waals surface area contributed by atoms with Crippen molar-refractivity contribution in [2.75, 3.05) is 0 Å². The molecule has 0 amide bonds. The highest BCUT2D eigenvalue weighted by molar-refractivity contribution is 6.00. The Kier molecular flexibility index (Phi) is 2.91. The van der Waals surface area contributed by atoms with E-state index in [2.05, 4.69) is 5.10 Å². The molecule has 0 aliphatic rings. The lowest BCUT2D eigenvalue weighted by molar-refractivity contribution is -0.580. The van der Waals surface area contributed by atoms with Crippen molar-refractivity contribution in [2.45, 2.75) is 6.92 Å². The standard InChI is InChI=1S/C16H12N2O2/c1-11(19)14-15(12-7-3-2-4-8-12)17-18-10-6-5-9-13(18)16(14)20/h2-10H,1H3/p+1. The average Bonchev–Trinajstić information content (AvgIpc) is 2.47. The van der Waals surface area contributed by atoms with Crippen molar-refractivity contribution in [3.63, 3.8) is 0 Å². The van der Waals surface area contributed by atoms with Crippen molar-refractivity contribution in [1.29, 1.82) is 0 Å². The van der Waals surface area contributed by atoms with E-state index in [0.717, 1.165) is 5.56 Å². The topological polar surface area (TPSA) is 54.0 Å². The van der Waals surface area contributed by atoms with E-state index in [-0.39, 0.29) is 16.8 Å². The molecule has 0 atom stereocenters. The van der Waals surface area contributed by atoms with Crippen molar-refractivity contribution in [3.8, 4) is 11.3 Å². The summed E-state index contributed by atoms with van der Waals surface area (Å²) in [6, 6.07) is 14.7. The molecule has 0 saturated heterocycles. The maximum Gasteiger partial charge on any atom is 0.283 e. The summed E-state index contributed by atoms with van der Waals surface area (Å²) in [5, 5.41) is 3.13. The number of carbonyl (C=O) groups is 1. The van der Waals surface area contributed by atoms with Crippen molar-refractivity contribution in [2.24, 2.45) is 0 Å². The summed E-state index contributed by atoms with van der Waals surface area (Å²) in [5.74, 6) is -0.239. The zero-order valence-corrected chi connectivity index (χ0v) is 11.0. The number of hydrogen-bond donors (Lipinski definition) is 1. The summed E-state index contributed by atoms with van der Waals surface area (Å²) in [6.45, 7) is 1.41. The molecule has 4 nitrogen and oxygen atoms in total. The van der Waals surface area contributed by atoms with Crippen LogP contribution in [0.15, 0.2) is 59.5 Å². The second-order valence-electron chi connectivity index (χ2n) is 4.57. The first-order valence-electron chi connectivity index (χ1n) is 6.31. The third-order valence-corrected chi connectivity index (χ3v) is 3.22. The molecule has 4 heteroatoms. The number of Topliss-reactive ketones (excluding diaryl/α,β-unsaturated/α-hetero) is 1. The highest BCUT2D eigenvalue weighted by atomic mass is 16.1. The Labute approximate surface area is 115 Å². The van der Waals surface area contributed by atoms with Crippen LogP contribution in [0.4, 0.5) is 0 Å². The molecule has 2 aromatic heterocycles. The Balaban J connectivity index is 2.45. The molecule has 0 aliphatic heterocycles. The summed E-state index contributed by atoms with van der Waals surface area (Å²) < 4.78 is 1.64. The van der Waals surface area contributed by atoms with Gasteiger partial charge in [-0.15, -0.1) is 0 Å². The molecule has 0 bridgehead atoms. The van der Waals surface area contributed by atoms with E-state index >= 15 is 0 Å². The van der Waals surface area contributed by atoms with Crippen LogP contribution < -0.4 is 9.94 Å². The van der Waals surface area contributed by atoms with Crippen LogP contribution in [-0.4, -0.2) is 10.9 Å². The number of aromatic nitrogens is 2. The number of nitrogens with zero attached hydrogens (tertiary/aromatic N) is 1. The number of rotatable bonds is 2. The third kappa shape index (κ3) is 1.91. The second kappa shape index (κ2) is 4.74. The summed E-state index contributed by atoms with van der Waals surface area (Å²) >= 11 is 0. The highest BCUT2D eigenvalue weighted by Gasteiger charge is 2.21. The van der Waals surface area contributed by atoms with E-state index in [9.17, 15) is 9.59 Å². The van der Waals surface area contributed by atoms with Crippen LogP contribution in [0.1, 0.15) is 17.3 Å². The summed E-state index contributed by atoms with van der Waals surface area (Å²) in [6.07, 6.45) is 1.76. The largest absolute Gasteiger partial charge is 0.294 e. The molecule has 3 rings (SSSR count). The monoisotopic (exact) mass is 265 g/mol. The quantitative estimate of drug-likeness (QED) is 0.569. The van der Waals surface area contributed by atoms with Crippen molar-refractivity contribution >= 4 is 11.3 Å². The summed E-state index contributed by atoms with van der Waals surface area (Å²) in [7, 11) is 0. The molecule has 98 valence electrons. The number of benzene rings is 1. The Morgan fingerprint density at radius 1 is 1.05 bits per heavy atom. The normalized spacial score (nSPS) is 10.7. The number of hydrogen-bond acceptors (Lipinski definition) is 2. The summed E-state index contributed by atoms with van der Waals surface area (Å²) in [5.41, 5.74) is 1.76. The van der Waals surface area contributed by atoms with Crippen LogP contribution in [0.2, 0.25) is 0 Å². The van der Waals surface area contributed by atoms with Gasteiger partial charge in [0.15, 0.2) is 5.78 Å². The molecule has 0 spiro atoms. The van der Waals surface area contributed by atoms with E-state index in [4.69, 9.17) is 0 Å². The molecular weight excluding hydrogens is 252 g/mol. The number of carbonyl (C=O) groups excluding carboxylic acids is 1. The minimum Gasteiger partial charge on any atom is -0.294 e. The van der Waals surface area contributed by atoms with Crippen molar-refractivity contribution in [3.05, 3.63) is 70.5 Å². The molecule has 0 saturated carbocycles. The van der Waals surface area contributed by atoms with E-state index in [0.29, 0.717) is 11.2 Å². The van der Waals surface area contributed by atoms with Gasteiger partial charge in [-0.05, 0) is 13.0 Å². The first-order chi connectivity index (χ1) is 9.68. The predicted molar refractivity (Wildman–Crippen MR) is 75.7 cm³/mol.